The Kier molecular flexibility index (Phi) is 3.47. The van der Waals surface area contributed by atoms with Gasteiger partial charge in [0.1, 0.15) is 5.69 Å². The summed E-state index contributed by atoms with van der Waals surface area (Å²) in [7, 11) is 0. The Balaban J connectivity index is 2.51. The topological polar surface area (TPSA) is 84.7 Å². The fourth-order valence-electron chi connectivity index (χ4n) is 1.50. The van der Waals surface area contributed by atoms with Crippen LogP contribution in [0.1, 0.15) is 16.1 Å². The summed E-state index contributed by atoms with van der Waals surface area (Å²) >= 11 is 1.57. The van der Waals surface area contributed by atoms with Gasteiger partial charge >= 0.3 is 6.18 Å². The van der Waals surface area contributed by atoms with E-state index in [1.165, 1.54) is 12.1 Å². The largest absolute Gasteiger partial charge is 0.417 e. The number of H-pyrrole nitrogens is 1. The smallest absolute Gasteiger partial charge is 0.364 e. The summed E-state index contributed by atoms with van der Waals surface area (Å²) in [5.74, 6) is -0.807. The Labute approximate surface area is 118 Å². The van der Waals surface area contributed by atoms with Gasteiger partial charge in [-0.1, -0.05) is 6.07 Å². The Hall–Kier alpha value is -1.65. The third-order valence-corrected chi connectivity index (χ3v) is 3.22. The molecular formula is C10H6F3IN4O. The van der Waals surface area contributed by atoms with Crippen LogP contribution in [0.25, 0.3) is 11.3 Å². The number of alkyl halides is 3. The fourth-order valence-corrected chi connectivity index (χ4v) is 2.32. The van der Waals surface area contributed by atoms with Crippen LogP contribution < -0.4 is 5.73 Å². The van der Waals surface area contributed by atoms with Crippen molar-refractivity contribution in [2.45, 2.75) is 6.18 Å². The second kappa shape index (κ2) is 4.79. The molecule has 9 heteroatoms. The highest BCUT2D eigenvalue weighted by atomic mass is 127. The van der Waals surface area contributed by atoms with Crippen LogP contribution in [-0.2, 0) is 6.18 Å². The second-order valence-electron chi connectivity index (χ2n) is 3.58. The van der Waals surface area contributed by atoms with Crippen LogP contribution in [-0.4, -0.2) is 21.3 Å². The SMILES string of the molecule is NC(=O)c1n[nH]nc1-c1ccc(C(F)(F)F)c(I)c1. The number of aromatic nitrogens is 3. The van der Waals surface area contributed by atoms with Crippen LogP contribution in [0.4, 0.5) is 13.2 Å². The van der Waals surface area contributed by atoms with Gasteiger partial charge in [0.2, 0.25) is 0 Å². The molecule has 0 atom stereocenters. The highest BCUT2D eigenvalue weighted by molar-refractivity contribution is 14.1. The molecule has 1 amide bonds. The van der Waals surface area contributed by atoms with E-state index >= 15 is 0 Å². The zero-order valence-electron chi connectivity index (χ0n) is 9.12. The molecule has 5 nitrogen and oxygen atoms in total. The first-order valence-corrected chi connectivity index (χ1v) is 5.96. The third-order valence-electron chi connectivity index (χ3n) is 2.33. The van der Waals surface area contributed by atoms with E-state index in [2.05, 4.69) is 15.4 Å². The van der Waals surface area contributed by atoms with Gasteiger partial charge in [0.25, 0.3) is 5.91 Å². The Morgan fingerprint density at radius 2 is 2.00 bits per heavy atom. The number of hydrogen-bond acceptors (Lipinski definition) is 3. The normalized spacial score (nSPS) is 11.6. The highest BCUT2D eigenvalue weighted by Crippen LogP contribution is 2.34. The van der Waals surface area contributed by atoms with Gasteiger partial charge in [-0.25, -0.2) is 0 Å². The molecule has 2 rings (SSSR count). The molecule has 0 saturated heterocycles. The van der Waals surface area contributed by atoms with Crippen molar-refractivity contribution in [2.24, 2.45) is 5.73 Å². The number of carbonyl (C=O) groups is 1. The van der Waals surface area contributed by atoms with Crippen molar-refractivity contribution in [3.8, 4) is 11.3 Å². The van der Waals surface area contributed by atoms with Crippen molar-refractivity contribution in [2.75, 3.05) is 0 Å². The maximum Gasteiger partial charge on any atom is 0.417 e. The van der Waals surface area contributed by atoms with E-state index in [9.17, 15) is 18.0 Å². The highest BCUT2D eigenvalue weighted by Gasteiger charge is 2.33. The predicted molar refractivity (Wildman–Crippen MR) is 68.1 cm³/mol. The van der Waals surface area contributed by atoms with Crippen LogP contribution in [0.5, 0.6) is 0 Å². The molecule has 0 aliphatic rings. The number of hydrogen-bond donors (Lipinski definition) is 2. The number of amides is 1. The van der Waals surface area contributed by atoms with E-state index < -0.39 is 17.6 Å². The first-order valence-electron chi connectivity index (χ1n) is 4.88. The second-order valence-corrected chi connectivity index (χ2v) is 4.74. The molecule has 0 spiro atoms. The van der Waals surface area contributed by atoms with Gasteiger partial charge in [0.15, 0.2) is 5.69 Å². The van der Waals surface area contributed by atoms with Crippen molar-refractivity contribution < 1.29 is 18.0 Å². The van der Waals surface area contributed by atoms with Gasteiger partial charge in [0, 0.05) is 9.13 Å². The van der Waals surface area contributed by atoms with Crippen molar-refractivity contribution in [1.29, 1.82) is 0 Å². The van der Waals surface area contributed by atoms with E-state index in [1.807, 2.05) is 0 Å². The standard InChI is InChI=1S/C10H6F3IN4O/c11-10(12,13)5-2-1-4(3-6(5)14)7-8(9(15)19)17-18-16-7/h1-3H,(H2,15,19)(H,16,17,18). The number of benzene rings is 1. The molecule has 3 N–H and O–H groups in total. The molecule has 0 aliphatic heterocycles. The first kappa shape index (κ1) is 13.8. The molecule has 0 fully saturated rings. The molecular weight excluding hydrogens is 376 g/mol. The fraction of sp³-hybridized carbons (Fsp3) is 0.100. The Morgan fingerprint density at radius 3 is 2.53 bits per heavy atom. The molecule has 0 radical (unpaired) electrons. The lowest BCUT2D eigenvalue weighted by atomic mass is 10.1. The molecule has 2 aromatic rings. The van der Waals surface area contributed by atoms with E-state index in [0.717, 1.165) is 6.07 Å². The van der Waals surface area contributed by atoms with Crippen LogP contribution in [0.15, 0.2) is 18.2 Å². The van der Waals surface area contributed by atoms with Crippen LogP contribution in [0.2, 0.25) is 0 Å². The van der Waals surface area contributed by atoms with Gasteiger partial charge in [0.05, 0.1) is 5.56 Å². The lowest BCUT2D eigenvalue weighted by Crippen LogP contribution is -2.13. The van der Waals surface area contributed by atoms with Crippen LogP contribution >= 0.6 is 22.6 Å². The number of nitrogens with two attached hydrogens (primary N) is 1. The maximum absolute atomic E-state index is 12.6. The zero-order valence-corrected chi connectivity index (χ0v) is 11.3. The number of halogens is 4. The molecule has 0 unspecified atom stereocenters. The summed E-state index contributed by atoms with van der Waals surface area (Å²) in [6, 6.07) is 3.42. The van der Waals surface area contributed by atoms with Crippen molar-refractivity contribution in [3.63, 3.8) is 0 Å². The predicted octanol–water partition coefficient (Wildman–Crippen LogP) is 2.19. The van der Waals surface area contributed by atoms with Gasteiger partial charge in [-0.3, -0.25) is 4.79 Å². The molecule has 1 aromatic heterocycles. The minimum Gasteiger partial charge on any atom is -0.364 e. The van der Waals surface area contributed by atoms with Gasteiger partial charge < -0.3 is 5.73 Å². The van der Waals surface area contributed by atoms with Gasteiger partial charge in [-0.15, -0.1) is 0 Å². The maximum atomic E-state index is 12.6. The number of rotatable bonds is 2. The van der Waals surface area contributed by atoms with E-state index in [0.29, 0.717) is 5.56 Å². The summed E-state index contributed by atoms with van der Waals surface area (Å²) in [5, 5.41) is 9.49. The molecule has 0 bridgehead atoms. The van der Waals surface area contributed by atoms with Crippen LogP contribution in [0.3, 0.4) is 0 Å². The lowest BCUT2D eigenvalue weighted by molar-refractivity contribution is -0.138. The Bertz CT molecular complexity index is 638. The summed E-state index contributed by atoms with van der Waals surface area (Å²) in [4.78, 5) is 11.1. The van der Waals surface area contributed by atoms with E-state index in [4.69, 9.17) is 5.73 Å². The van der Waals surface area contributed by atoms with E-state index in [-0.39, 0.29) is 15.0 Å². The average molecular weight is 382 g/mol. The minimum atomic E-state index is -4.43. The molecule has 0 aliphatic carbocycles. The van der Waals surface area contributed by atoms with Crippen molar-refractivity contribution >= 4 is 28.5 Å². The minimum absolute atomic E-state index is 0.000945. The number of aromatic amines is 1. The van der Waals surface area contributed by atoms with Crippen LogP contribution in [0, 0.1) is 3.57 Å². The summed E-state index contributed by atoms with van der Waals surface area (Å²) < 4.78 is 37.9. The molecule has 1 heterocycles. The molecule has 0 saturated carbocycles. The summed E-state index contributed by atoms with van der Waals surface area (Å²) in [6.07, 6.45) is -4.43. The average Bonchev–Trinajstić information content (AvgIpc) is 2.75. The third kappa shape index (κ3) is 2.69. The number of carbonyl (C=O) groups excluding carboxylic acids is 1. The molecule has 19 heavy (non-hydrogen) atoms. The van der Waals surface area contributed by atoms with Gasteiger partial charge in [-0.2, -0.15) is 28.6 Å². The van der Waals surface area contributed by atoms with Crippen molar-refractivity contribution in [3.05, 3.63) is 33.0 Å². The number of primary amides is 1. The van der Waals surface area contributed by atoms with Gasteiger partial charge in [-0.05, 0) is 34.7 Å². The Morgan fingerprint density at radius 1 is 1.32 bits per heavy atom. The first-order chi connectivity index (χ1) is 8.80. The zero-order chi connectivity index (χ0) is 14.2. The van der Waals surface area contributed by atoms with Crippen molar-refractivity contribution in [1.82, 2.24) is 15.4 Å². The molecule has 100 valence electrons. The number of nitrogens with one attached hydrogen (secondary N) is 1. The summed E-state index contributed by atoms with van der Waals surface area (Å²) in [5.41, 5.74) is 4.68. The quantitative estimate of drug-likeness (QED) is 0.782. The lowest BCUT2D eigenvalue weighted by Gasteiger charge is -2.09. The summed E-state index contributed by atoms with van der Waals surface area (Å²) in [6.45, 7) is 0. The monoisotopic (exact) mass is 382 g/mol. The van der Waals surface area contributed by atoms with E-state index in [1.54, 1.807) is 22.6 Å². The molecule has 1 aromatic carbocycles. The number of nitrogens with zero attached hydrogens (tertiary/aromatic N) is 2.